The van der Waals surface area contributed by atoms with Gasteiger partial charge < -0.3 is 14.8 Å². The Labute approximate surface area is 181 Å². The fourth-order valence-electron chi connectivity index (χ4n) is 4.27. The molecule has 1 saturated carbocycles. The number of benzene rings is 1. The van der Waals surface area contributed by atoms with E-state index in [4.69, 9.17) is 14.5 Å². The van der Waals surface area contributed by atoms with Crippen LogP contribution in [-0.2, 0) is 9.47 Å². The predicted octanol–water partition coefficient (Wildman–Crippen LogP) is 4.57. The van der Waals surface area contributed by atoms with Crippen LogP contribution in [-0.4, -0.2) is 33.7 Å². The third-order valence-corrected chi connectivity index (χ3v) is 5.79. The number of imidazole rings is 1. The molecule has 2 heterocycles. The summed E-state index contributed by atoms with van der Waals surface area (Å²) in [6.07, 6.45) is 8.89. The molecule has 2 unspecified atom stereocenters. The van der Waals surface area contributed by atoms with Crippen molar-refractivity contribution in [2.75, 3.05) is 19.0 Å². The van der Waals surface area contributed by atoms with Gasteiger partial charge in [-0.2, -0.15) is 0 Å². The van der Waals surface area contributed by atoms with Gasteiger partial charge in [-0.3, -0.25) is 4.40 Å². The fourth-order valence-corrected chi connectivity index (χ4v) is 4.27. The second-order valence-corrected chi connectivity index (χ2v) is 7.63. The molecule has 156 valence electrons. The number of fused-ring (bicyclic) bond motifs is 2. The van der Waals surface area contributed by atoms with Crippen LogP contribution in [0.1, 0.15) is 31.5 Å². The molecule has 1 N–H and O–H groups in total. The highest BCUT2D eigenvalue weighted by atomic mass is 16.5. The van der Waals surface area contributed by atoms with E-state index in [-0.39, 0.29) is 5.60 Å². The first-order valence-corrected chi connectivity index (χ1v) is 10.4. The zero-order valence-corrected chi connectivity index (χ0v) is 17.8. The number of allylic oxidation sites excluding steroid dienone is 2. The fraction of sp³-hybridized carbons (Fsp3) is 0.280. The highest BCUT2D eigenvalue weighted by Crippen LogP contribution is 2.57. The van der Waals surface area contributed by atoms with E-state index in [0.717, 1.165) is 40.3 Å². The molecule has 31 heavy (non-hydrogen) atoms. The average molecular weight is 412 g/mol. The first-order valence-electron chi connectivity index (χ1n) is 10.4. The summed E-state index contributed by atoms with van der Waals surface area (Å²) in [6, 6.07) is 9.95. The average Bonchev–Trinajstić information content (AvgIpc) is 3.28. The van der Waals surface area contributed by atoms with Crippen molar-refractivity contribution >= 4 is 22.9 Å². The summed E-state index contributed by atoms with van der Waals surface area (Å²) in [7, 11) is 1.70. The van der Waals surface area contributed by atoms with Crippen molar-refractivity contribution < 1.29 is 9.47 Å². The molecule has 3 aromatic rings. The molecule has 0 aliphatic heterocycles. The normalized spacial score (nSPS) is 21.5. The summed E-state index contributed by atoms with van der Waals surface area (Å²) in [6.45, 7) is 4.51. The Hall–Kier alpha value is -3.56. The van der Waals surface area contributed by atoms with Crippen molar-refractivity contribution in [2.45, 2.75) is 25.9 Å². The Bertz CT molecular complexity index is 1280. The topological polar surface area (TPSA) is 60.7 Å². The summed E-state index contributed by atoms with van der Waals surface area (Å²) in [5.74, 6) is 7.95. The van der Waals surface area contributed by atoms with Gasteiger partial charge in [0.25, 0.3) is 0 Å². The van der Waals surface area contributed by atoms with Gasteiger partial charge in [-0.05, 0) is 38.5 Å². The molecule has 2 aliphatic rings. The summed E-state index contributed by atoms with van der Waals surface area (Å²) in [4.78, 5) is 9.44. The van der Waals surface area contributed by atoms with E-state index >= 15 is 0 Å². The van der Waals surface area contributed by atoms with E-state index < -0.39 is 0 Å². The van der Waals surface area contributed by atoms with E-state index in [1.165, 1.54) is 0 Å². The van der Waals surface area contributed by atoms with Crippen LogP contribution >= 0.6 is 0 Å². The van der Waals surface area contributed by atoms with Gasteiger partial charge in [0.2, 0.25) is 5.95 Å². The maximum atomic E-state index is 6.03. The van der Waals surface area contributed by atoms with E-state index in [1.807, 2.05) is 60.9 Å². The van der Waals surface area contributed by atoms with Crippen LogP contribution in [0, 0.1) is 17.8 Å². The number of nitrogens with one attached hydrogen (secondary N) is 1. The Balaban J connectivity index is 1.56. The van der Waals surface area contributed by atoms with Crippen LogP contribution in [0.25, 0.3) is 11.2 Å². The molecular formula is C25H24N4O2. The van der Waals surface area contributed by atoms with Crippen LogP contribution in [0.3, 0.4) is 0 Å². The van der Waals surface area contributed by atoms with Crippen LogP contribution in [0.5, 0.6) is 0 Å². The summed E-state index contributed by atoms with van der Waals surface area (Å²) in [5.41, 5.74) is 4.20. The molecule has 0 radical (unpaired) electrons. The van der Waals surface area contributed by atoms with Gasteiger partial charge in [-0.1, -0.05) is 24.1 Å². The maximum Gasteiger partial charge on any atom is 0.213 e. The molecule has 2 aliphatic carbocycles. The van der Waals surface area contributed by atoms with Gasteiger partial charge in [-0.25, -0.2) is 9.97 Å². The second-order valence-electron chi connectivity index (χ2n) is 7.63. The second kappa shape index (κ2) is 7.60. The van der Waals surface area contributed by atoms with E-state index in [0.29, 0.717) is 18.5 Å². The molecule has 1 aromatic carbocycles. The van der Waals surface area contributed by atoms with Gasteiger partial charge in [0, 0.05) is 42.1 Å². The molecule has 1 fully saturated rings. The molecule has 6 heteroatoms. The lowest BCUT2D eigenvalue weighted by molar-refractivity contribution is 0.0206. The van der Waals surface area contributed by atoms with Gasteiger partial charge >= 0.3 is 0 Å². The Kier molecular flexibility index (Phi) is 4.76. The summed E-state index contributed by atoms with van der Waals surface area (Å²) >= 11 is 0. The SMILES string of the molecule is CC#Cc1ccccc1Nc1nc(C2=CC3CC3(OCC)C(OC)=C2)cc2nccn12. The Morgan fingerprint density at radius 3 is 3.00 bits per heavy atom. The van der Waals surface area contributed by atoms with Crippen molar-refractivity contribution in [1.82, 2.24) is 14.4 Å². The summed E-state index contributed by atoms with van der Waals surface area (Å²) in [5, 5.41) is 3.45. The molecule has 0 spiro atoms. The number of hydrogen-bond donors (Lipinski definition) is 1. The first kappa shape index (κ1) is 19.4. The summed E-state index contributed by atoms with van der Waals surface area (Å²) < 4.78 is 13.7. The largest absolute Gasteiger partial charge is 0.498 e. The minimum absolute atomic E-state index is 0.302. The molecule has 6 nitrogen and oxygen atoms in total. The smallest absolute Gasteiger partial charge is 0.213 e. The lowest BCUT2D eigenvalue weighted by Gasteiger charge is -2.23. The monoisotopic (exact) mass is 412 g/mol. The third-order valence-electron chi connectivity index (χ3n) is 5.79. The van der Waals surface area contributed by atoms with E-state index in [1.54, 1.807) is 13.3 Å². The predicted molar refractivity (Wildman–Crippen MR) is 121 cm³/mol. The number of rotatable bonds is 6. The highest BCUT2D eigenvalue weighted by molar-refractivity contribution is 5.78. The number of methoxy groups -OCH3 is 1. The number of ether oxygens (including phenoxy) is 2. The zero-order valence-electron chi connectivity index (χ0n) is 17.8. The zero-order chi connectivity index (χ0) is 21.4. The van der Waals surface area contributed by atoms with Gasteiger partial charge in [0.1, 0.15) is 17.0 Å². The number of aromatic nitrogens is 3. The van der Waals surface area contributed by atoms with Crippen LogP contribution in [0.4, 0.5) is 11.6 Å². The minimum atomic E-state index is -0.302. The highest BCUT2D eigenvalue weighted by Gasteiger charge is 2.60. The van der Waals surface area contributed by atoms with Crippen LogP contribution in [0.2, 0.25) is 0 Å². The van der Waals surface area contributed by atoms with Gasteiger partial charge in [0.15, 0.2) is 0 Å². The number of hydrogen-bond acceptors (Lipinski definition) is 5. The third kappa shape index (κ3) is 3.28. The van der Waals surface area contributed by atoms with Gasteiger partial charge in [0.05, 0.1) is 18.5 Å². The molecule has 0 amide bonds. The standard InChI is InChI=1S/C25H24N4O2/c1-4-8-17-9-6-7-10-20(17)27-24-28-21(15-23-26-11-12-29(23)24)18-13-19-16-25(19,31-5-2)22(14-18)30-3/h6-7,9-15,19H,5,16H2,1-3H3,(H,27,28). The van der Waals surface area contributed by atoms with Crippen molar-refractivity contribution in [3.8, 4) is 11.8 Å². The lowest BCUT2D eigenvalue weighted by Crippen LogP contribution is -2.23. The molecule has 2 atom stereocenters. The van der Waals surface area contributed by atoms with E-state index in [9.17, 15) is 0 Å². The number of para-hydroxylation sites is 1. The first-order chi connectivity index (χ1) is 15.2. The van der Waals surface area contributed by atoms with Crippen LogP contribution < -0.4 is 5.32 Å². The molecular weight excluding hydrogens is 388 g/mol. The molecule has 2 aromatic heterocycles. The maximum absolute atomic E-state index is 6.03. The van der Waals surface area contributed by atoms with Gasteiger partial charge in [-0.15, -0.1) is 5.92 Å². The Morgan fingerprint density at radius 1 is 1.32 bits per heavy atom. The number of nitrogens with zero attached hydrogens (tertiary/aromatic N) is 3. The van der Waals surface area contributed by atoms with Crippen molar-refractivity contribution in [2.24, 2.45) is 5.92 Å². The van der Waals surface area contributed by atoms with E-state index in [2.05, 4.69) is 28.2 Å². The quantitative estimate of drug-likeness (QED) is 0.601. The van der Waals surface area contributed by atoms with Crippen molar-refractivity contribution in [3.05, 3.63) is 71.9 Å². The molecule has 0 bridgehead atoms. The molecule has 0 saturated heterocycles. The van der Waals surface area contributed by atoms with Crippen molar-refractivity contribution in [3.63, 3.8) is 0 Å². The lowest BCUT2D eigenvalue weighted by atomic mass is 10.0. The van der Waals surface area contributed by atoms with Crippen LogP contribution in [0.15, 0.2) is 60.6 Å². The minimum Gasteiger partial charge on any atom is -0.498 e. The van der Waals surface area contributed by atoms with Crippen molar-refractivity contribution in [1.29, 1.82) is 0 Å². The molecule has 5 rings (SSSR count). The number of anilines is 2. The Morgan fingerprint density at radius 2 is 2.19 bits per heavy atom.